The predicted octanol–water partition coefficient (Wildman–Crippen LogP) is 1.46. The van der Waals surface area contributed by atoms with E-state index in [4.69, 9.17) is 0 Å². The minimum atomic E-state index is -3.32. The van der Waals surface area contributed by atoms with E-state index >= 15 is 0 Å². The number of hydrogen-bond acceptors (Lipinski definition) is 2. The highest BCUT2D eigenvalue weighted by molar-refractivity contribution is 7.89. The van der Waals surface area contributed by atoms with E-state index < -0.39 is 10.0 Å². The standard InChI is InChI=1S/C18H28N2O2S/c1-15-6-8-18(9-7-15)23(21,22)20-12-10-19(11-13-20)17-5-3-4-16(2)14-17/h6-9,16-17H,3-5,10-14H2,1-2H3/p+1. The first kappa shape index (κ1) is 16.9. The van der Waals surface area contributed by atoms with Gasteiger partial charge in [0.15, 0.2) is 0 Å². The average Bonchev–Trinajstić information content (AvgIpc) is 2.55. The van der Waals surface area contributed by atoms with E-state index in [1.54, 1.807) is 21.3 Å². The van der Waals surface area contributed by atoms with Crippen LogP contribution in [0.25, 0.3) is 0 Å². The largest absolute Gasteiger partial charge is 0.330 e. The van der Waals surface area contributed by atoms with Gasteiger partial charge < -0.3 is 4.90 Å². The van der Waals surface area contributed by atoms with Gasteiger partial charge in [-0.25, -0.2) is 8.42 Å². The molecule has 0 spiro atoms. The number of hydrogen-bond donors (Lipinski definition) is 1. The van der Waals surface area contributed by atoms with Crippen LogP contribution in [0, 0.1) is 12.8 Å². The Kier molecular flexibility index (Phi) is 5.09. The van der Waals surface area contributed by atoms with Crippen molar-refractivity contribution < 1.29 is 13.3 Å². The van der Waals surface area contributed by atoms with Gasteiger partial charge in [0.05, 0.1) is 37.1 Å². The molecular weight excluding hydrogens is 308 g/mol. The quantitative estimate of drug-likeness (QED) is 0.907. The van der Waals surface area contributed by atoms with Crippen molar-refractivity contribution in [2.24, 2.45) is 5.92 Å². The van der Waals surface area contributed by atoms with E-state index in [0.717, 1.165) is 30.6 Å². The molecule has 1 heterocycles. The van der Waals surface area contributed by atoms with E-state index in [1.807, 2.05) is 19.1 Å². The Bertz CT molecular complexity index is 619. The highest BCUT2D eigenvalue weighted by Crippen LogP contribution is 2.22. The zero-order chi connectivity index (χ0) is 16.4. The van der Waals surface area contributed by atoms with Crippen molar-refractivity contribution >= 4 is 10.0 Å². The number of rotatable bonds is 3. The van der Waals surface area contributed by atoms with Crippen LogP contribution < -0.4 is 4.90 Å². The minimum Gasteiger partial charge on any atom is -0.330 e. The lowest BCUT2D eigenvalue weighted by Gasteiger charge is -2.38. The van der Waals surface area contributed by atoms with Gasteiger partial charge in [-0.1, -0.05) is 31.0 Å². The molecule has 1 saturated carbocycles. The molecule has 3 rings (SSSR count). The number of nitrogens with one attached hydrogen (secondary N) is 1. The Morgan fingerprint density at radius 3 is 2.35 bits per heavy atom. The summed E-state index contributed by atoms with van der Waals surface area (Å²) in [6.45, 7) is 7.52. The molecule has 0 amide bonds. The van der Waals surface area contributed by atoms with Crippen LogP contribution in [0.15, 0.2) is 29.2 Å². The van der Waals surface area contributed by atoms with Crippen LogP contribution in [-0.2, 0) is 10.0 Å². The molecule has 1 aliphatic carbocycles. The maximum Gasteiger partial charge on any atom is 0.243 e. The molecule has 1 aromatic carbocycles. The van der Waals surface area contributed by atoms with Crippen molar-refractivity contribution in [3.05, 3.63) is 29.8 Å². The van der Waals surface area contributed by atoms with Crippen LogP contribution in [0.2, 0.25) is 0 Å². The van der Waals surface area contributed by atoms with Crippen LogP contribution in [0.3, 0.4) is 0 Å². The van der Waals surface area contributed by atoms with E-state index in [9.17, 15) is 8.42 Å². The topological polar surface area (TPSA) is 41.8 Å². The number of nitrogens with zero attached hydrogens (tertiary/aromatic N) is 1. The Balaban J connectivity index is 1.63. The van der Waals surface area contributed by atoms with Crippen molar-refractivity contribution in [3.63, 3.8) is 0 Å². The third-order valence-corrected chi connectivity index (χ3v) is 7.45. The molecule has 2 aliphatic rings. The molecule has 1 aromatic rings. The first-order valence-corrected chi connectivity index (χ1v) is 10.3. The van der Waals surface area contributed by atoms with Gasteiger partial charge in [-0.2, -0.15) is 4.31 Å². The summed E-state index contributed by atoms with van der Waals surface area (Å²) in [5.74, 6) is 0.829. The highest BCUT2D eigenvalue weighted by atomic mass is 32.2. The average molecular weight is 338 g/mol. The van der Waals surface area contributed by atoms with Gasteiger partial charge in [-0.3, -0.25) is 0 Å². The zero-order valence-electron chi connectivity index (χ0n) is 14.3. The van der Waals surface area contributed by atoms with E-state index in [0.29, 0.717) is 18.0 Å². The smallest absolute Gasteiger partial charge is 0.243 e. The third kappa shape index (κ3) is 3.78. The number of piperazine rings is 1. The molecule has 2 atom stereocenters. The first-order valence-electron chi connectivity index (χ1n) is 8.88. The Hall–Kier alpha value is -0.910. The second-order valence-corrected chi connectivity index (χ2v) is 9.28. The first-order chi connectivity index (χ1) is 11.0. The Labute approximate surface area is 140 Å². The van der Waals surface area contributed by atoms with Crippen molar-refractivity contribution in [1.82, 2.24) is 4.31 Å². The lowest BCUT2D eigenvalue weighted by atomic mass is 9.86. The van der Waals surface area contributed by atoms with Crippen molar-refractivity contribution in [1.29, 1.82) is 0 Å². The van der Waals surface area contributed by atoms with Crippen molar-refractivity contribution in [2.45, 2.75) is 50.5 Å². The van der Waals surface area contributed by atoms with Crippen molar-refractivity contribution in [2.75, 3.05) is 26.2 Å². The zero-order valence-corrected chi connectivity index (χ0v) is 15.1. The molecule has 5 heteroatoms. The monoisotopic (exact) mass is 337 g/mol. The summed E-state index contributed by atoms with van der Waals surface area (Å²) in [6, 6.07) is 7.94. The number of quaternary nitrogens is 1. The third-order valence-electron chi connectivity index (χ3n) is 5.54. The van der Waals surface area contributed by atoms with Gasteiger partial charge in [0.2, 0.25) is 10.0 Å². The Morgan fingerprint density at radius 1 is 1.09 bits per heavy atom. The van der Waals surface area contributed by atoms with Gasteiger partial charge in [-0.15, -0.1) is 0 Å². The molecule has 128 valence electrons. The number of sulfonamides is 1. The molecule has 1 aliphatic heterocycles. The molecule has 1 N–H and O–H groups in total. The summed E-state index contributed by atoms with van der Waals surface area (Å²) in [6.07, 6.45) is 5.31. The van der Waals surface area contributed by atoms with E-state index in [1.165, 1.54) is 25.7 Å². The summed E-state index contributed by atoms with van der Waals surface area (Å²) >= 11 is 0. The summed E-state index contributed by atoms with van der Waals surface area (Å²) in [5, 5.41) is 0. The Morgan fingerprint density at radius 2 is 1.74 bits per heavy atom. The molecular formula is C18H29N2O2S+. The van der Waals surface area contributed by atoms with Gasteiger partial charge in [0, 0.05) is 6.42 Å². The van der Waals surface area contributed by atoms with Crippen LogP contribution in [-0.4, -0.2) is 44.9 Å². The lowest BCUT2D eigenvalue weighted by Crippen LogP contribution is -3.18. The molecule has 2 unspecified atom stereocenters. The van der Waals surface area contributed by atoms with Gasteiger partial charge >= 0.3 is 0 Å². The van der Waals surface area contributed by atoms with Crippen LogP contribution in [0.1, 0.15) is 38.2 Å². The highest BCUT2D eigenvalue weighted by Gasteiger charge is 2.34. The summed E-state index contributed by atoms with van der Waals surface area (Å²) in [4.78, 5) is 2.05. The number of aryl methyl sites for hydroxylation is 1. The normalized spacial score (nSPS) is 27.9. The van der Waals surface area contributed by atoms with Crippen LogP contribution >= 0.6 is 0 Å². The second-order valence-electron chi connectivity index (χ2n) is 7.34. The molecule has 4 nitrogen and oxygen atoms in total. The minimum absolute atomic E-state index is 0.429. The SMILES string of the molecule is Cc1ccc(S(=O)(=O)N2CC[NH+](C3CCCC(C)C3)CC2)cc1. The molecule has 1 saturated heterocycles. The molecule has 0 bridgehead atoms. The summed E-state index contributed by atoms with van der Waals surface area (Å²) in [7, 11) is -3.32. The summed E-state index contributed by atoms with van der Waals surface area (Å²) in [5.41, 5.74) is 1.09. The van der Waals surface area contributed by atoms with Gasteiger partial charge in [0.25, 0.3) is 0 Å². The number of benzene rings is 1. The fraction of sp³-hybridized carbons (Fsp3) is 0.667. The maximum absolute atomic E-state index is 12.8. The molecule has 0 radical (unpaired) electrons. The fourth-order valence-electron chi connectivity index (χ4n) is 4.09. The van der Waals surface area contributed by atoms with Crippen LogP contribution in [0.5, 0.6) is 0 Å². The fourth-order valence-corrected chi connectivity index (χ4v) is 5.53. The van der Waals surface area contributed by atoms with Gasteiger partial charge in [-0.05, 0) is 37.8 Å². The van der Waals surface area contributed by atoms with E-state index in [-0.39, 0.29) is 0 Å². The van der Waals surface area contributed by atoms with Gasteiger partial charge in [0.1, 0.15) is 0 Å². The maximum atomic E-state index is 12.8. The van der Waals surface area contributed by atoms with E-state index in [2.05, 4.69) is 6.92 Å². The summed E-state index contributed by atoms with van der Waals surface area (Å²) < 4.78 is 27.2. The predicted molar refractivity (Wildman–Crippen MR) is 92.1 cm³/mol. The molecule has 23 heavy (non-hydrogen) atoms. The second kappa shape index (κ2) is 6.91. The molecule has 2 fully saturated rings. The lowest BCUT2D eigenvalue weighted by molar-refractivity contribution is -0.930. The molecule has 0 aromatic heterocycles. The van der Waals surface area contributed by atoms with Crippen molar-refractivity contribution in [3.8, 4) is 0 Å². The van der Waals surface area contributed by atoms with Crippen LogP contribution in [0.4, 0.5) is 0 Å².